The van der Waals surface area contributed by atoms with Crippen LogP contribution in [-0.4, -0.2) is 0 Å². The van der Waals surface area contributed by atoms with E-state index in [9.17, 15) is 0 Å². The highest BCUT2D eigenvalue weighted by Crippen LogP contribution is 2.27. The standard InChI is InChI=1S/C14H23N/c1-5-13(15)11-7-9-12(10-8-11)14(3,4)6-2/h7-10,13H,5-6,15H2,1-4H3/t13-/m0/s1. The second kappa shape index (κ2) is 4.80. The van der Waals surface area contributed by atoms with E-state index in [0.717, 1.165) is 12.8 Å². The summed E-state index contributed by atoms with van der Waals surface area (Å²) in [7, 11) is 0. The van der Waals surface area contributed by atoms with Gasteiger partial charge in [0.25, 0.3) is 0 Å². The van der Waals surface area contributed by atoms with Gasteiger partial charge in [-0.1, -0.05) is 52.0 Å². The zero-order chi connectivity index (χ0) is 11.5. The van der Waals surface area contributed by atoms with Crippen LogP contribution in [0.5, 0.6) is 0 Å². The Morgan fingerprint density at radius 3 is 2.07 bits per heavy atom. The highest BCUT2D eigenvalue weighted by atomic mass is 14.6. The van der Waals surface area contributed by atoms with Crippen LogP contribution in [0.4, 0.5) is 0 Å². The van der Waals surface area contributed by atoms with Crippen molar-refractivity contribution in [2.75, 3.05) is 0 Å². The van der Waals surface area contributed by atoms with Gasteiger partial charge in [-0.05, 0) is 29.4 Å². The van der Waals surface area contributed by atoms with E-state index in [2.05, 4.69) is 52.0 Å². The van der Waals surface area contributed by atoms with Crippen molar-refractivity contribution in [2.45, 2.75) is 52.0 Å². The van der Waals surface area contributed by atoms with Crippen LogP contribution in [0, 0.1) is 0 Å². The van der Waals surface area contributed by atoms with Crippen LogP contribution >= 0.6 is 0 Å². The van der Waals surface area contributed by atoms with Gasteiger partial charge in [-0.25, -0.2) is 0 Å². The predicted molar refractivity (Wildman–Crippen MR) is 67.0 cm³/mol. The largest absolute Gasteiger partial charge is 0.324 e. The molecule has 1 rings (SSSR count). The minimum atomic E-state index is 0.184. The summed E-state index contributed by atoms with van der Waals surface area (Å²) in [5.74, 6) is 0. The van der Waals surface area contributed by atoms with Crippen LogP contribution < -0.4 is 5.73 Å². The van der Waals surface area contributed by atoms with Gasteiger partial charge in [0.2, 0.25) is 0 Å². The van der Waals surface area contributed by atoms with Gasteiger partial charge in [0, 0.05) is 6.04 Å². The van der Waals surface area contributed by atoms with Gasteiger partial charge in [0.15, 0.2) is 0 Å². The molecule has 0 radical (unpaired) electrons. The molecule has 0 unspecified atom stereocenters. The average molecular weight is 205 g/mol. The molecule has 0 saturated heterocycles. The van der Waals surface area contributed by atoms with Crippen molar-refractivity contribution < 1.29 is 0 Å². The van der Waals surface area contributed by atoms with Gasteiger partial charge >= 0.3 is 0 Å². The molecular formula is C14H23N. The van der Waals surface area contributed by atoms with Crippen molar-refractivity contribution >= 4 is 0 Å². The minimum Gasteiger partial charge on any atom is -0.324 e. The van der Waals surface area contributed by atoms with E-state index in [1.165, 1.54) is 11.1 Å². The molecule has 0 bridgehead atoms. The maximum atomic E-state index is 5.99. The molecule has 1 heteroatoms. The van der Waals surface area contributed by atoms with Crippen LogP contribution in [0.25, 0.3) is 0 Å². The quantitative estimate of drug-likeness (QED) is 0.795. The Kier molecular flexibility index (Phi) is 3.92. The highest BCUT2D eigenvalue weighted by Gasteiger charge is 2.17. The Hall–Kier alpha value is -0.820. The number of nitrogens with two attached hydrogens (primary N) is 1. The lowest BCUT2D eigenvalue weighted by Crippen LogP contribution is -2.16. The molecule has 0 aliphatic rings. The molecule has 0 aliphatic heterocycles. The molecular weight excluding hydrogens is 182 g/mol. The lowest BCUT2D eigenvalue weighted by Gasteiger charge is -2.23. The molecule has 0 aliphatic carbocycles. The number of hydrogen-bond donors (Lipinski definition) is 1. The van der Waals surface area contributed by atoms with E-state index in [4.69, 9.17) is 5.73 Å². The molecule has 15 heavy (non-hydrogen) atoms. The summed E-state index contributed by atoms with van der Waals surface area (Å²) in [6.45, 7) is 8.91. The first kappa shape index (κ1) is 12.3. The zero-order valence-corrected chi connectivity index (χ0v) is 10.4. The third-order valence-electron chi connectivity index (χ3n) is 3.44. The van der Waals surface area contributed by atoms with Crippen LogP contribution in [0.15, 0.2) is 24.3 Å². The number of rotatable bonds is 4. The van der Waals surface area contributed by atoms with Crippen molar-refractivity contribution in [3.05, 3.63) is 35.4 Å². The molecule has 1 aromatic carbocycles. The molecule has 1 atom stereocenters. The summed E-state index contributed by atoms with van der Waals surface area (Å²) < 4.78 is 0. The molecule has 2 N–H and O–H groups in total. The fourth-order valence-electron chi connectivity index (χ4n) is 1.62. The van der Waals surface area contributed by atoms with Crippen molar-refractivity contribution in [1.29, 1.82) is 0 Å². The summed E-state index contributed by atoms with van der Waals surface area (Å²) in [4.78, 5) is 0. The molecule has 0 heterocycles. The molecule has 84 valence electrons. The zero-order valence-electron chi connectivity index (χ0n) is 10.4. The summed E-state index contributed by atoms with van der Waals surface area (Å²) in [6, 6.07) is 8.95. The van der Waals surface area contributed by atoms with Crippen LogP contribution in [-0.2, 0) is 5.41 Å². The van der Waals surface area contributed by atoms with E-state index in [0.29, 0.717) is 0 Å². The van der Waals surface area contributed by atoms with Gasteiger partial charge in [0.1, 0.15) is 0 Å². The monoisotopic (exact) mass is 205 g/mol. The smallest absolute Gasteiger partial charge is 0.0292 e. The van der Waals surface area contributed by atoms with E-state index >= 15 is 0 Å². The van der Waals surface area contributed by atoms with E-state index < -0.39 is 0 Å². The first-order valence-electron chi connectivity index (χ1n) is 5.87. The molecule has 1 nitrogen and oxygen atoms in total. The van der Waals surface area contributed by atoms with Crippen molar-refractivity contribution in [3.63, 3.8) is 0 Å². The number of hydrogen-bond acceptors (Lipinski definition) is 1. The predicted octanol–water partition coefficient (Wildman–Crippen LogP) is 3.78. The molecule has 0 saturated carbocycles. The maximum Gasteiger partial charge on any atom is 0.0292 e. The Bertz CT molecular complexity index is 298. The van der Waals surface area contributed by atoms with E-state index in [1.54, 1.807) is 0 Å². The van der Waals surface area contributed by atoms with Crippen molar-refractivity contribution in [1.82, 2.24) is 0 Å². The van der Waals surface area contributed by atoms with E-state index in [-0.39, 0.29) is 11.5 Å². The summed E-state index contributed by atoms with van der Waals surface area (Å²) >= 11 is 0. The Morgan fingerprint density at radius 1 is 1.13 bits per heavy atom. The van der Waals surface area contributed by atoms with Gasteiger partial charge in [-0.3, -0.25) is 0 Å². The molecule has 0 aromatic heterocycles. The first-order chi connectivity index (χ1) is 7.01. The van der Waals surface area contributed by atoms with E-state index in [1.807, 2.05) is 0 Å². The first-order valence-corrected chi connectivity index (χ1v) is 5.87. The molecule has 0 amide bonds. The summed E-state index contributed by atoms with van der Waals surface area (Å²) in [5, 5.41) is 0. The van der Waals surface area contributed by atoms with Gasteiger partial charge in [0.05, 0.1) is 0 Å². The Balaban J connectivity index is 2.90. The normalized spacial score (nSPS) is 13.9. The second-order valence-electron chi connectivity index (χ2n) is 4.87. The Labute approximate surface area is 93.7 Å². The summed E-state index contributed by atoms with van der Waals surface area (Å²) in [5.41, 5.74) is 8.90. The minimum absolute atomic E-state index is 0.184. The fourth-order valence-corrected chi connectivity index (χ4v) is 1.62. The van der Waals surface area contributed by atoms with Gasteiger partial charge in [-0.15, -0.1) is 0 Å². The lowest BCUT2D eigenvalue weighted by molar-refractivity contribution is 0.506. The topological polar surface area (TPSA) is 26.0 Å². The Morgan fingerprint density at radius 2 is 1.67 bits per heavy atom. The van der Waals surface area contributed by atoms with Crippen molar-refractivity contribution in [3.8, 4) is 0 Å². The lowest BCUT2D eigenvalue weighted by atomic mass is 9.82. The molecule has 0 spiro atoms. The SMILES string of the molecule is CC[C@H](N)c1ccc(C(C)(C)CC)cc1. The molecule has 0 fully saturated rings. The maximum absolute atomic E-state index is 5.99. The van der Waals surface area contributed by atoms with Crippen LogP contribution in [0.1, 0.15) is 57.7 Å². The second-order valence-corrected chi connectivity index (χ2v) is 4.87. The summed E-state index contributed by atoms with van der Waals surface area (Å²) in [6.07, 6.45) is 2.16. The highest BCUT2D eigenvalue weighted by molar-refractivity contribution is 5.29. The third kappa shape index (κ3) is 2.82. The fraction of sp³-hybridized carbons (Fsp3) is 0.571. The van der Waals surface area contributed by atoms with Crippen molar-refractivity contribution in [2.24, 2.45) is 5.73 Å². The third-order valence-corrected chi connectivity index (χ3v) is 3.44. The number of benzene rings is 1. The van der Waals surface area contributed by atoms with Gasteiger partial charge < -0.3 is 5.73 Å². The van der Waals surface area contributed by atoms with Gasteiger partial charge in [-0.2, -0.15) is 0 Å². The van der Waals surface area contributed by atoms with Crippen LogP contribution in [0.2, 0.25) is 0 Å². The van der Waals surface area contributed by atoms with Crippen LogP contribution in [0.3, 0.4) is 0 Å². The molecule has 1 aromatic rings. The average Bonchev–Trinajstić information content (AvgIpc) is 2.28.